The number of nitrogens with two attached hydrogens (primary N) is 1. The van der Waals surface area contributed by atoms with Crippen LogP contribution >= 0.6 is 15.9 Å². The van der Waals surface area contributed by atoms with E-state index in [0.29, 0.717) is 29.7 Å². The van der Waals surface area contributed by atoms with Crippen molar-refractivity contribution in [3.63, 3.8) is 0 Å². The molecule has 5 nitrogen and oxygen atoms in total. The lowest BCUT2D eigenvalue weighted by Gasteiger charge is -2.22. The Morgan fingerprint density at radius 1 is 1.55 bits per heavy atom. The van der Waals surface area contributed by atoms with Gasteiger partial charge in [0, 0.05) is 19.6 Å². The third kappa shape index (κ3) is 5.34. The molecular weight excluding hydrogens is 322 g/mol. The maximum absolute atomic E-state index is 12.4. The molecule has 0 amide bonds. The average Bonchev–Trinajstić information content (AvgIpc) is 2.65. The van der Waals surface area contributed by atoms with Crippen molar-refractivity contribution in [2.24, 2.45) is 11.1 Å². The van der Waals surface area contributed by atoms with E-state index in [0.717, 1.165) is 6.42 Å². The maximum Gasteiger partial charge on any atom is 0.183 e. The Kier molecular flexibility index (Phi) is 6.36. The summed E-state index contributed by atoms with van der Waals surface area (Å²) in [4.78, 5) is 12.4. The van der Waals surface area contributed by atoms with Gasteiger partial charge in [-0.05, 0) is 27.8 Å². The van der Waals surface area contributed by atoms with Gasteiger partial charge in [-0.25, -0.2) is 0 Å². The number of carbonyl (C=O) groups excluding carboxylic acids is 1. The second kappa shape index (κ2) is 7.33. The normalized spacial score (nSPS) is 13.5. The first kappa shape index (κ1) is 17.3. The summed E-state index contributed by atoms with van der Waals surface area (Å²) in [6.07, 6.45) is 2.77. The Hall–Kier alpha value is -0.720. The summed E-state index contributed by atoms with van der Waals surface area (Å²) in [5.41, 5.74) is 6.77. The highest BCUT2D eigenvalue weighted by molar-refractivity contribution is 9.10. The van der Waals surface area contributed by atoms with Crippen LogP contribution in [0.3, 0.4) is 0 Å². The first-order valence-electron chi connectivity index (χ1n) is 6.73. The van der Waals surface area contributed by atoms with Crippen LogP contribution in [-0.4, -0.2) is 35.3 Å². The summed E-state index contributed by atoms with van der Waals surface area (Å²) in [6.45, 7) is 7.43. The molecule has 20 heavy (non-hydrogen) atoms. The van der Waals surface area contributed by atoms with Crippen molar-refractivity contribution in [3.8, 4) is 0 Å². The van der Waals surface area contributed by atoms with Gasteiger partial charge < -0.3 is 10.5 Å². The Morgan fingerprint density at radius 3 is 2.75 bits per heavy atom. The fourth-order valence-corrected chi connectivity index (χ4v) is 2.70. The highest BCUT2D eigenvalue weighted by Crippen LogP contribution is 2.23. The van der Waals surface area contributed by atoms with E-state index in [4.69, 9.17) is 10.5 Å². The summed E-state index contributed by atoms with van der Waals surface area (Å²) in [6, 6.07) is -0.139. The van der Waals surface area contributed by atoms with Crippen LogP contribution in [0.25, 0.3) is 0 Å². The minimum Gasteiger partial charge on any atom is -0.383 e. The third-order valence-corrected chi connectivity index (χ3v) is 3.47. The molecule has 1 rings (SSSR count). The molecule has 0 fully saturated rings. The minimum absolute atomic E-state index is 0.0160. The van der Waals surface area contributed by atoms with Gasteiger partial charge in [0.25, 0.3) is 0 Å². The number of nitrogens with zero attached hydrogens (tertiary/aromatic N) is 2. The second-order valence-electron chi connectivity index (χ2n) is 6.21. The largest absolute Gasteiger partial charge is 0.383 e. The second-order valence-corrected chi connectivity index (χ2v) is 7.06. The van der Waals surface area contributed by atoms with Crippen molar-refractivity contribution in [2.75, 3.05) is 13.7 Å². The van der Waals surface area contributed by atoms with Crippen LogP contribution in [0.4, 0.5) is 0 Å². The molecule has 6 heteroatoms. The van der Waals surface area contributed by atoms with Crippen LogP contribution in [0.1, 0.15) is 44.1 Å². The lowest BCUT2D eigenvalue weighted by Crippen LogP contribution is -2.30. The summed E-state index contributed by atoms with van der Waals surface area (Å²) in [5, 5.41) is 4.18. The van der Waals surface area contributed by atoms with E-state index in [2.05, 4.69) is 41.8 Å². The lowest BCUT2D eigenvalue weighted by atomic mass is 9.86. The number of methoxy groups -OCH3 is 1. The van der Waals surface area contributed by atoms with Gasteiger partial charge >= 0.3 is 0 Å². The minimum atomic E-state index is -0.139. The van der Waals surface area contributed by atoms with Crippen molar-refractivity contribution >= 4 is 21.7 Å². The number of Topliss-reactive ketones (excluding diaryl/α,β-unsaturated/α-hetero) is 1. The molecule has 0 aromatic carbocycles. The van der Waals surface area contributed by atoms with E-state index in [9.17, 15) is 4.79 Å². The third-order valence-electron chi connectivity index (χ3n) is 2.89. The van der Waals surface area contributed by atoms with Gasteiger partial charge in [0.15, 0.2) is 5.78 Å². The number of halogens is 1. The molecule has 1 aromatic rings. The standard InChI is InChI=1S/C14H24BrN3O2/c1-14(2,3)8-10(16)7-12(19)13-11(15)9-17-18(13)5-6-20-4/h9-10H,5-8,16H2,1-4H3. The monoisotopic (exact) mass is 345 g/mol. The summed E-state index contributed by atoms with van der Waals surface area (Å²) >= 11 is 3.38. The fourth-order valence-electron chi connectivity index (χ4n) is 2.18. The van der Waals surface area contributed by atoms with E-state index >= 15 is 0 Å². The van der Waals surface area contributed by atoms with Crippen molar-refractivity contribution in [1.82, 2.24) is 9.78 Å². The molecule has 1 heterocycles. The van der Waals surface area contributed by atoms with Gasteiger partial charge in [-0.2, -0.15) is 5.10 Å². The Balaban J connectivity index is 2.74. The van der Waals surface area contributed by atoms with Crippen molar-refractivity contribution in [3.05, 3.63) is 16.4 Å². The molecule has 0 saturated heterocycles. The average molecular weight is 346 g/mol. The maximum atomic E-state index is 12.4. The molecular formula is C14H24BrN3O2. The summed E-state index contributed by atoms with van der Waals surface area (Å²) in [5.74, 6) is 0.0160. The van der Waals surface area contributed by atoms with Crippen LogP contribution in [0.15, 0.2) is 10.7 Å². The lowest BCUT2D eigenvalue weighted by molar-refractivity contribution is 0.0953. The molecule has 1 aromatic heterocycles. The number of carbonyl (C=O) groups is 1. The van der Waals surface area contributed by atoms with Crippen molar-refractivity contribution < 1.29 is 9.53 Å². The molecule has 0 radical (unpaired) electrons. The first-order chi connectivity index (χ1) is 9.24. The molecule has 2 N–H and O–H groups in total. The predicted molar refractivity (Wildman–Crippen MR) is 82.8 cm³/mol. The fraction of sp³-hybridized carbons (Fsp3) is 0.714. The van der Waals surface area contributed by atoms with E-state index in [-0.39, 0.29) is 17.2 Å². The predicted octanol–water partition coefficient (Wildman–Crippen LogP) is 2.63. The summed E-state index contributed by atoms with van der Waals surface area (Å²) in [7, 11) is 1.62. The Labute approximate surface area is 129 Å². The van der Waals surface area contributed by atoms with Gasteiger partial charge in [-0.15, -0.1) is 0 Å². The van der Waals surface area contributed by atoms with E-state index in [1.54, 1.807) is 18.0 Å². The van der Waals surface area contributed by atoms with Crippen molar-refractivity contribution in [2.45, 2.75) is 46.2 Å². The molecule has 0 aliphatic carbocycles. The van der Waals surface area contributed by atoms with E-state index < -0.39 is 0 Å². The van der Waals surface area contributed by atoms with E-state index in [1.165, 1.54) is 0 Å². The molecule has 0 aliphatic rings. The molecule has 0 aliphatic heterocycles. The number of hydrogen-bond donors (Lipinski definition) is 1. The highest BCUT2D eigenvalue weighted by Gasteiger charge is 2.22. The molecule has 1 unspecified atom stereocenters. The highest BCUT2D eigenvalue weighted by atomic mass is 79.9. The van der Waals surface area contributed by atoms with E-state index in [1.807, 2.05) is 0 Å². The van der Waals surface area contributed by atoms with Crippen molar-refractivity contribution in [1.29, 1.82) is 0 Å². The first-order valence-corrected chi connectivity index (χ1v) is 7.53. The van der Waals surface area contributed by atoms with Gasteiger partial charge in [0.05, 0.1) is 23.8 Å². The van der Waals surface area contributed by atoms with Gasteiger partial charge in [-0.1, -0.05) is 20.8 Å². The Morgan fingerprint density at radius 2 is 2.20 bits per heavy atom. The topological polar surface area (TPSA) is 70.1 Å². The Bertz CT molecular complexity index is 452. The molecule has 114 valence electrons. The molecule has 0 saturated carbocycles. The number of ketones is 1. The molecule has 0 bridgehead atoms. The van der Waals surface area contributed by atoms with Gasteiger partial charge in [-0.3, -0.25) is 9.48 Å². The zero-order valence-electron chi connectivity index (χ0n) is 12.6. The quantitative estimate of drug-likeness (QED) is 0.771. The molecule has 1 atom stereocenters. The van der Waals surface area contributed by atoms with Crippen LogP contribution in [-0.2, 0) is 11.3 Å². The number of ether oxygens (including phenoxy) is 1. The van der Waals surface area contributed by atoms with Gasteiger partial charge in [0.1, 0.15) is 5.69 Å². The van der Waals surface area contributed by atoms with Crippen LogP contribution in [0.5, 0.6) is 0 Å². The number of hydrogen-bond acceptors (Lipinski definition) is 4. The number of rotatable bonds is 7. The summed E-state index contributed by atoms with van der Waals surface area (Å²) < 4.78 is 7.40. The SMILES string of the molecule is COCCn1ncc(Br)c1C(=O)CC(N)CC(C)(C)C. The number of aromatic nitrogens is 2. The van der Waals surface area contributed by atoms with Crippen LogP contribution < -0.4 is 5.73 Å². The smallest absolute Gasteiger partial charge is 0.183 e. The zero-order chi connectivity index (χ0) is 15.3. The zero-order valence-corrected chi connectivity index (χ0v) is 14.2. The van der Waals surface area contributed by atoms with Gasteiger partial charge in [0.2, 0.25) is 0 Å². The van der Waals surface area contributed by atoms with Crippen LogP contribution in [0.2, 0.25) is 0 Å². The van der Waals surface area contributed by atoms with Crippen LogP contribution in [0, 0.1) is 5.41 Å². The molecule has 0 spiro atoms.